The highest BCUT2D eigenvalue weighted by Gasteiger charge is 2.30. The SMILES string of the molecule is O=C(NC[C@@H]1Cc2ccccc2CN1C(=S)NC[C@H]1CCCN1Cc1ccccn1)Nc1ccccc1. The Morgan fingerprint density at radius 1 is 0.919 bits per heavy atom. The van der Waals surface area contributed by atoms with Gasteiger partial charge in [-0.25, -0.2) is 4.79 Å². The average Bonchev–Trinajstić information content (AvgIpc) is 3.38. The Kier molecular flexibility index (Phi) is 8.28. The summed E-state index contributed by atoms with van der Waals surface area (Å²) in [6.45, 7) is 3.98. The Hall–Kier alpha value is -3.49. The molecule has 3 N–H and O–H groups in total. The number of thiocarbonyl (C=S) groups is 1. The van der Waals surface area contributed by atoms with Crippen molar-refractivity contribution in [1.82, 2.24) is 25.4 Å². The zero-order valence-electron chi connectivity index (χ0n) is 21.0. The molecule has 0 spiro atoms. The number of nitrogens with zero attached hydrogens (tertiary/aromatic N) is 3. The van der Waals surface area contributed by atoms with E-state index in [9.17, 15) is 4.79 Å². The normalized spacial score (nSPS) is 19.2. The van der Waals surface area contributed by atoms with Gasteiger partial charge in [-0.3, -0.25) is 9.88 Å². The van der Waals surface area contributed by atoms with Crippen molar-refractivity contribution < 1.29 is 4.79 Å². The fourth-order valence-electron chi connectivity index (χ4n) is 5.26. The third-order valence-corrected chi connectivity index (χ3v) is 7.60. The van der Waals surface area contributed by atoms with Crippen LogP contribution >= 0.6 is 12.2 Å². The highest BCUT2D eigenvalue weighted by atomic mass is 32.1. The minimum Gasteiger partial charge on any atom is -0.361 e. The molecule has 1 saturated heterocycles. The number of amides is 2. The molecule has 8 heteroatoms. The van der Waals surface area contributed by atoms with Crippen molar-refractivity contribution in [1.29, 1.82) is 0 Å². The van der Waals surface area contributed by atoms with E-state index in [1.54, 1.807) is 0 Å². The highest BCUT2D eigenvalue weighted by molar-refractivity contribution is 7.80. The molecule has 1 fully saturated rings. The third-order valence-electron chi connectivity index (χ3n) is 7.23. The van der Waals surface area contributed by atoms with Crippen molar-refractivity contribution in [3.63, 3.8) is 0 Å². The maximum Gasteiger partial charge on any atom is 0.319 e. The van der Waals surface area contributed by atoms with Gasteiger partial charge in [0.2, 0.25) is 0 Å². The molecule has 7 nitrogen and oxygen atoms in total. The van der Waals surface area contributed by atoms with Gasteiger partial charge in [-0.1, -0.05) is 48.5 Å². The first-order valence-corrected chi connectivity index (χ1v) is 13.4. The molecule has 0 bridgehead atoms. The third kappa shape index (κ3) is 6.64. The second-order valence-corrected chi connectivity index (χ2v) is 10.1. The Balaban J connectivity index is 1.20. The van der Waals surface area contributed by atoms with Crippen LogP contribution in [-0.4, -0.2) is 57.6 Å². The molecule has 1 aromatic heterocycles. The van der Waals surface area contributed by atoms with E-state index in [1.165, 1.54) is 17.5 Å². The Bertz CT molecular complexity index is 1190. The standard InChI is InChI=1S/C29H34N6OS/c36-28(33-24-11-2-1-3-12-24)31-19-27-17-22-9-4-5-10-23(22)20-35(27)29(37)32-18-26-14-8-16-34(26)21-25-13-6-7-15-30-25/h1-7,9-13,15,26-27H,8,14,16-21H2,(H,32,37)(H2,31,33,36)/t26-,27+/m1/s1. The lowest BCUT2D eigenvalue weighted by Crippen LogP contribution is -2.54. The first kappa shape index (κ1) is 25.2. The lowest BCUT2D eigenvalue weighted by Gasteiger charge is -2.39. The summed E-state index contributed by atoms with van der Waals surface area (Å²) in [5, 5.41) is 10.3. The number of pyridine rings is 1. The van der Waals surface area contributed by atoms with E-state index in [4.69, 9.17) is 12.2 Å². The first-order chi connectivity index (χ1) is 18.2. The van der Waals surface area contributed by atoms with Crippen LogP contribution in [0.25, 0.3) is 0 Å². The fraction of sp³-hybridized carbons (Fsp3) is 0.345. The molecular formula is C29H34N6OS. The summed E-state index contributed by atoms with van der Waals surface area (Å²) in [7, 11) is 0. The number of hydrogen-bond acceptors (Lipinski definition) is 4. The maximum atomic E-state index is 12.6. The van der Waals surface area contributed by atoms with Crippen molar-refractivity contribution >= 4 is 29.0 Å². The molecule has 2 atom stereocenters. The number of fused-ring (bicyclic) bond motifs is 1. The van der Waals surface area contributed by atoms with Crippen molar-refractivity contribution in [3.05, 3.63) is 95.8 Å². The molecule has 3 aromatic rings. The first-order valence-electron chi connectivity index (χ1n) is 13.0. The average molecular weight is 515 g/mol. The summed E-state index contributed by atoms with van der Waals surface area (Å²) in [4.78, 5) is 21.8. The summed E-state index contributed by atoms with van der Waals surface area (Å²) in [5.41, 5.74) is 4.47. The van der Waals surface area contributed by atoms with E-state index in [-0.39, 0.29) is 12.1 Å². The molecule has 0 unspecified atom stereocenters. The largest absolute Gasteiger partial charge is 0.361 e. The molecule has 2 aromatic carbocycles. The van der Waals surface area contributed by atoms with Crippen LogP contribution in [0, 0.1) is 0 Å². The second kappa shape index (κ2) is 12.2. The van der Waals surface area contributed by atoms with Crippen LogP contribution in [0.4, 0.5) is 10.5 Å². The quantitative estimate of drug-likeness (QED) is 0.411. The predicted octanol–water partition coefficient (Wildman–Crippen LogP) is 4.17. The lowest BCUT2D eigenvalue weighted by atomic mass is 9.94. The van der Waals surface area contributed by atoms with E-state index < -0.39 is 0 Å². The molecule has 192 valence electrons. The number of aromatic nitrogens is 1. The summed E-state index contributed by atoms with van der Waals surface area (Å²) in [5.74, 6) is 0. The number of hydrogen-bond donors (Lipinski definition) is 3. The van der Waals surface area contributed by atoms with Gasteiger partial charge in [0.05, 0.1) is 11.7 Å². The van der Waals surface area contributed by atoms with E-state index in [0.29, 0.717) is 12.6 Å². The Labute approximate surface area is 224 Å². The number of nitrogens with one attached hydrogen (secondary N) is 3. The van der Waals surface area contributed by atoms with Crippen LogP contribution in [0.1, 0.15) is 29.7 Å². The van der Waals surface area contributed by atoms with Crippen LogP contribution < -0.4 is 16.0 Å². The lowest BCUT2D eigenvalue weighted by molar-refractivity contribution is 0.231. The van der Waals surface area contributed by atoms with Gasteiger partial charge in [-0.05, 0) is 73.4 Å². The summed E-state index contributed by atoms with van der Waals surface area (Å²) in [6.07, 6.45) is 5.02. The molecule has 37 heavy (non-hydrogen) atoms. The fourth-order valence-corrected chi connectivity index (χ4v) is 5.55. The molecular weight excluding hydrogens is 480 g/mol. The minimum absolute atomic E-state index is 0.0737. The number of carbonyl (C=O) groups is 1. The van der Waals surface area contributed by atoms with Crippen LogP contribution in [0.5, 0.6) is 0 Å². The van der Waals surface area contributed by atoms with Crippen LogP contribution in [0.2, 0.25) is 0 Å². The summed E-state index contributed by atoms with van der Waals surface area (Å²) < 4.78 is 0. The number of para-hydroxylation sites is 1. The van der Waals surface area contributed by atoms with Gasteiger partial charge in [0, 0.05) is 44.1 Å². The zero-order valence-corrected chi connectivity index (χ0v) is 21.8. The number of benzene rings is 2. The molecule has 5 rings (SSSR count). The number of urea groups is 1. The van der Waals surface area contributed by atoms with Crippen molar-refractivity contribution in [2.75, 3.05) is 25.0 Å². The van der Waals surface area contributed by atoms with E-state index in [2.05, 4.69) is 61.1 Å². The molecule has 2 amide bonds. The van der Waals surface area contributed by atoms with Gasteiger partial charge in [0.15, 0.2) is 5.11 Å². The number of rotatable bonds is 7. The second-order valence-electron chi connectivity index (χ2n) is 9.73. The monoisotopic (exact) mass is 514 g/mol. The van der Waals surface area contributed by atoms with E-state index in [0.717, 1.165) is 55.5 Å². The zero-order chi connectivity index (χ0) is 25.5. The van der Waals surface area contributed by atoms with Gasteiger partial charge in [-0.15, -0.1) is 0 Å². The van der Waals surface area contributed by atoms with Crippen molar-refractivity contribution in [2.45, 2.75) is 44.4 Å². The maximum absolute atomic E-state index is 12.6. The Morgan fingerprint density at radius 3 is 2.49 bits per heavy atom. The smallest absolute Gasteiger partial charge is 0.319 e. The molecule has 0 aliphatic carbocycles. The van der Waals surface area contributed by atoms with Crippen LogP contribution in [0.15, 0.2) is 79.0 Å². The van der Waals surface area contributed by atoms with Gasteiger partial charge in [0.1, 0.15) is 0 Å². The molecule has 0 radical (unpaired) electrons. The number of likely N-dealkylation sites (tertiary alicyclic amines) is 1. The van der Waals surface area contributed by atoms with Crippen LogP contribution in [-0.2, 0) is 19.5 Å². The number of carbonyl (C=O) groups excluding carboxylic acids is 1. The van der Waals surface area contributed by atoms with Crippen LogP contribution in [0.3, 0.4) is 0 Å². The minimum atomic E-state index is -0.208. The highest BCUT2D eigenvalue weighted by Crippen LogP contribution is 2.24. The molecule has 3 heterocycles. The number of anilines is 1. The van der Waals surface area contributed by atoms with Gasteiger partial charge in [-0.2, -0.15) is 0 Å². The molecule has 2 aliphatic rings. The van der Waals surface area contributed by atoms with E-state index >= 15 is 0 Å². The molecule has 2 aliphatic heterocycles. The topological polar surface area (TPSA) is 72.5 Å². The summed E-state index contributed by atoms with van der Waals surface area (Å²) >= 11 is 5.92. The molecule has 0 saturated carbocycles. The van der Waals surface area contributed by atoms with Gasteiger partial charge < -0.3 is 20.9 Å². The van der Waals surface area contributed by atoms with E-state index in [1.807, 2.05) is 48.7 Å². The summed E-state index contributed by atoms with van der Waals surface area (Å²) in [6, 6.07) is 24.4. The Morgan fingerprint density at radius 2 is 1.68 bits per heavy atom. The van der Waals surface area contributed by atoms with Gasteiger partial charge >= 0.3 is 6.03 Å². The van der Waals surface area contributed by atoms with Gasteiger partial charge in [0.25, 0.3) is 0 Å². The predicted molar refractivity (Wildman–Crippen MR) is 151 cm³/mol. The van der Waals surface area contributed by atoms with Crippen molar-refractivity contribution in [2.24, 2.45) is 0 Å². The van der Waals surface area contributed by atoms with Crippen molar-refractivity contribution in [3.8, 4) is 0 Å².